The lowest BCUT2D eigenvalue weighted by Gasteiger charge is -2.07. The van der Waals surface area contributed by atoms with Crippen LogP contribution >= 0.6 is 11.8 Å². The number of nitrogens with two attached hydrogens (primary N) is 1. The van der Waals surface area contributed by atoms with Gasteiger partial charge in [-0.3, -0.25) is 9.79 Å². The van der Waals surface area contributed by atoms with Crippen molar-refractivity contribution in [3.05, 3.63) is 0 Å². The predicted octanol–water partition coefficient (Wildman–Crippen LogP) is -0.129. The van der Waals surface area contributed by atoms with Gasteiger partial charge in [-0.25, -0.2) is 0 Å². The Hall–Kier alpha value is -0.750. The average molecular weight is 217 g/mol. The fraction of sp³-hybridized carbons (Fsp3) is 0.750. The predicted molar refractivity (Wildman–Crippen MR) is 57.6 cm³/mol. The van der Waals surface area contributed by atoms with Gasteiger partial charge in [0.1, 0.15) is 6.04 Å². The quantitative estimate of drug-likeness (QED) is 0.558. The first-order valence-electron chi connectivity index (χ1n) is 4.59. The van der Waals surface area contributed by atoms with Crippen molar-refractivity contribution in [1.82, 2.24) is 5.32 Å². The summed E-state index contributed by atoms with van der Waals surface area (Å²) in [5, 5.41) is 12.6. The Bertz CT molecular complexity index is 233. The Morgan fingerprint density at radius 2 is 2.57 bits per heavy atom. The van der Waals surface area contributed by atoms with E-state index in [2.05, 4.69) is 10.3 Å². The summed E-state index contributed by atoms with van der Waals surface area (Å²) in [4.78, 5) is 14.6. The number of thioether (sulfide) groups is 1. The van der Waals surface area contributed by atoms with E-state index in [-0.39, 0.29) is 0 Å². The smallest absolute Gasteiger partial charge is 0.320 e. The van der Waals surface area contributed by atoms with E-state index in [4.69, 9.17) is 10.8 Å². The van der Waals surface area contributed by atoms with Crippen LogP contribution in [-0.2, 0) is 4.79 Å². The standard InChI is InChI=1S/C8H15N3O2S/c9-6(7(12)13)2-1-3-10-8-11-4-5-14-8/h6H,1-5,9H2,(H,10,11)(H,12,13). The summed E-state index contributed by atoms with van der Waals surface area (Å²) in [6.45, 7) is 1.62. The van der Waals surface area contributed by atoms with Crippen LogP contribution in [0.15, 0.2) is 4.99 Å². The van der Waals surface area contributed by atoms with Gasteiger partial charge in [-0.05, 0) is 12.8 Å². The van der Waals surface area contributed by atoms with Crippen molar-refractivity contribution in [2.45, 2.75) is 18.9 Å². The van der Waals surface area contributed by atoms with Gasteiger partial charge in [-0.1, -0.05) is 11.8 Å². The summed E-state index contributed by atoms with van der Waals surface area (Å²) in [6, 6.07) is -0.741. The summed E-state index contributed by atoms with van der Waals surface area (Å²) in [7, 11) is 0. The zero-order chi connectivity index (χ0) is 10.4. The number of nitrogens with one attached hydrogen (secondary N) is 1. The van der Waals surface area contributed by atoms with Crippen LogP contribution in [-0.4, -0.2) is 41.1 Å². The normalized spacial score (nSPS) is 17.6. The molecule has 0 aromatic rings. The lowest BCUT2D eigenvalue weighted by atomic mass is 10.2. The summed E-state index contributed by atoms with van der Waals surface area (Å²) < 4.78 is 0. The third kappa shape index (κ3) is 3.97. The van der Waals surface area contributed by atoms with Crippen LogP contribution in [0.1, 0.15) is 12.8 Å². The first-order chi connectivity index (χ1) is 6.70. The maximum atomic E-state index is 10.4. The van der Waals surface area contributed by atoms with Gasteiger partial charge in [0.25, 0.3) is 0 Å². The molecule has 1 heterocycles. The zero-order valence-corrected chi connectivity index (χ0v) is 8.72. The minimum atomic E-state index is -0.933. The van der Waals surface area contributed by atoms with Gasteiger partial charge in [-0.2, -0.15) is 0 Å². The number of aliphatic carboxylic acids is 1. The van der Waals surface area contributed by atoms with Crippen LogP contribution in [0.2, 0.25) is 0 Å². The minimum Gasteiger partial charge on any atom is -0.480 e. The topological polar surface area (TPSA) is 87.7 Å². The fourth-order valence-electron chi connectivity index (χ4n) is 1.08. The number of aliphatic imine (C=N–C) groups is 1. The van der Waals surface area contributed by atoms with Crippen LogP contribution < -0.4 is 11.1 Å². The molecule has 5 nitrogen and oxygen atoms in total. The molecule has 4 N–H and O–H groups in total. The first kappa shape index (κ1) is 11.3. The van der Waals surface area contributed by atoms with Gasteiger partial charge in [0.2, 0.25) is 0 Å². The summed E-state index contributed by atoms with van der Waals surface area (Å²) in [5.41, 5.74) is 5.35. The highest BCUT2D eigenvalue weighted by Gasteiger charge is 2.10. The first-order valence-corrected chi connectivity index (χ1v) is 5.58. The molecular weight excluding hydrogens is 202 g/mol. The Kier molecular flexibility index (Phi) is 4.75. The van der Waals surface area contributed by atoms with E-state index in [1.807, 2.05) is 0 Å². The van der Waals surface area contributed by atoms with Crippen LogP contribution in [0.3, 0.4) is 0 Å². The Labute approximate surface area is 87.2 Å². The van der Waals surface area contributed by atoms with E-state index in [0.717, 1.165) is 30.4 Å². The molecule has 0 aromatic carbocycles. The second-order valence-electron chi connectivity index (χ2n) is 3.05. The van der Waals surface area contributed by atoms with Crippen molar-refractivity contribution in [1.29, 1.82) is 0 Å². The van der Waals surface area contributed by atoms with Gasteiger partial charge in [-0.15, -0.1) is 0 Å². The lowest BCUT2D eigenvalue weighted by molar-refractivity contribution is -0.138. The molecular formula is C8H15N3O2S. The molecule has 1 aliphatic rings. The van der Waals surface area contributed by atoms with E-state index in [9.17, 15) is 4.79 Å². The highest BCUT2D eigenvalue weighted by molar-refractivity contribution is 8.14. The van der Waals surface area contributed by atoms with Crippen LogP contribution in [0, 0.1) is 0 Å². The summed E-state index contributed by atoms with van der Waals surface area (Å²) in [5.74, 6) is 0.106. The zero-order valence-electron chi connectivity index (χ0n) is 7.90. The van der Waals surface area contributed by atoms with Gasteiger partial charge < -0.3 is 16.2 Å². The molecule has 0 radical (unpaired) electrons. The molecule has 0 aliphatic carbocycles. The van der Waals surface area contributed by atoms with Crippen LogP contribution in [0.4, 0.5) is 0 Å². The van der Waals surface area contributed by atoms with Crippen molar-refractivity contribution >= 4 is 22.9 Å². The molecule has 14 heavy (non-hydrogen) atoms. The lowest BCUT2D eigenvalue weighted by Crippen LogP contribution is -2.31. The van der Waals surface area contributed by atoms with E-state index in [1.165, 1.54) is 0 Å². The third-order valence-electron chi connectivity index (χ3n) is 1.87. The molecule has 1 atom stereocenters. The Balaban J connectivity index is 2.01. The average Bonchev–Trinajstić information content (AvgIpc) is 2.64. The molecule has 0 fully saturated rings. The molecule has 0 aromatic heterocycles. The largest absolute Gasteiger partial charge is 0.480 e. The second kappa shape index (κ2) is 5.87. The minimum absolute atomic E-state index is 0.500. The van der Waals surface area contributed by atoms with Crippen LogP contribution in [0.5, 0.6) is 0 Å². The van der Waals surface area contributed by atoms with E-state index >= 15 is 0 Å². The van der Waals surface area contributed by atoms with Gasteiger partial charge >= 0.3 is 5.97 Å². The molecule has 1 unspecified atom stereocenters. The summed E-state index contributed by atoms with van der Waals surface area (Å²) in [6.07, 6.45) is 1.26. The number of hydrogen-bond donors (Lipinski definition) is 3. The van der Waals surface area contributed by atoms with Gasteiger partial charge in [0, 0.05) is 12.3 Å². The highest BCUT2D eigenvalue weighted by Crippen LogP contribution is 2.08. The third-order valence-corrected chi connectivity index (χ3v) is 2.80. The SMILES string of the molecule is NC(CCCNC1=NCCS1)C(=O)O. The molecule has 0 amide bonds. The Morgan fingerprint density at radius 1 is 1.79 bits per heavy atom. The molecule has 1 aliphatic heterocycles. The number of nitrogens with zero attached hydrogens (tertiary/aromatic N) is 1. The van der Waals surface area contributed by atoms with E-state index < -0.39 is 12.0 Å². The van der Waals surface area contributed by atoms with Gasteiger partial charge in [0.15, 0.2) is 5.17 Å². The maximum Gasteiger partial charge on any atom is 0.320 e. The molecule has 1 rings (SSSR count). The number of carboxylic acid groups (broad SMARTS) is 1. The van der Waals surface area contributed by atoms with Crippen molar-refractivity contribution in [3.8, 4) is 0 Å². The van der Waals surface area contributed by atoms with Gasteiger partial charge in [0.05, 0.1) is 6.54 Å². The van der Waals surface area contributed by atoms with Crippen molar-refractivity contribution in [3.63, 3.8) is 0 Å². The molecule has 80 valence electrons. The highest BCUT2D eigenvalue weighted by atomic mass is 32.2. The monoisotopic (exact) mass is 217 g/mol. The maximum absolute atomic E-state index is 10.4. The molecule has 0 bridgehead atoms. The number of amidine groups is 1. The molecule has 0 saturated carbocycles. The number of carboxylic acids is 1. The molecule has 0 saturated heterocycles. The fourth-order valence-corrected chi connectivity index (χ4v) is 1.85. The number of hydrogen-bond acceptors (Lipinski definition) is 5. The van der Waals surface area contributed by atoms with E-state index in [0.29, 0.717) is 6.42 Å². The van der Waals surface area contributed by atoms with Crippen LogP contribution in [0.25, 0.3) is 0 Å². The molecule has 0 spiro atoms. The molecule has 6 heteroatoms. The summed E-state index contributed by atoms with van der Waals surface area (Å²) >= 11 is 1.70. The van der Waals surface area contributed by atoms with Crippen molar-refractivity contribution in [2.75, 3.05) is 18.8 Å². The number of carbonyl (C=O) groups is 1. The second-order valence-corrected chi connectivity index (χ2v) is 4.13. The van der Waals surface area contributed by atoms with E-state index in [1.54, 1.807) is 11.8 Å². The van der Waals surface area contributed by atoms with Crippen molar-refractivity contribution < 1.29 is 9.90 Å². The number of rotatable bonds is 5. The Morgan fingerprint density at radius 3 is 3.14 bits per heavy atom. The van der Waals surface area contributed by atoms with Crippen molar-refractivity contribution in [2.24, 2.45) is 10.7 Å².